The molecule has 0 fully saturated rings. The van der Waals surface area contributed by atoms with E-state index < -0.39 is 20.0 Å². The molecule has 1 atom stereocenters. The van der Waals surface area contributed by atoms with Crippen LogP contribution >= 0.6 is 19.6 Å². The predicted molar refractivity (Wildman–Crippen MR) is 143 cm³/mol. The number of nitrogens with one attached hydrogen (secondary N) is 1. The van der Waals surface area contributed by atoms with Crippen molar-refractivity contribution >= 4 is 19.6 Å². The van der Waals surface area contributed by atoms with E-state index in [1.165, 1.54) is 6.07 Å². The van der Waals surface area contributed by atoms with Crippen LogP contribution in [-0.2, 0) is 28.2 Å². The van der Waals surface area contributed by atoms with Crippen molar-refractivity contribution in [3.05, 3.63) is 70.6 Å². The number of benzene rings is 2. The van der Waals surface area contributed by atoms with E-state index in [1.807, 2.05) is 29.6 Å². The molecule has 1 aromatic heterocycles. The van der Waals surface area contributed by atoms with Crippen molar-refractivity contribution < 1.29 is 36.6 Å². The molecule has 6 nitrogen and oxygen atoms in total. The monoisotopic (exact) mass is 570 g/mol. The van der Waals surface area contributed by atoms with Gasteiger partial charge in [0.1, 0.15) is 18.1 Å². The van der Waals surface area contributed by atoms with E-state index >= 15 is 0 Å². The highest BCUT2D eigenvalue weighted by Crippen LogP contribution is 2.38. The molecular weight excluding hydrogens is 538 g/mol. The van der Waals surface area contributed by atoms with Crippen LogP contribution < -0.4 is 14.8 Å². The Morgan fingerprint density at radius 3 is 2.47 bits per heavy atom. The molecule has 38 heavy (non-hydrogen) atoms. The molecule has 0 aliphatic rings. The summed E-state index contributed by atoms with van der Waals surface area (Å²) in [7, 11) is -2.57. The summed E-state index contributed by atoms with van der Waals surface area (Å²) in [5.74, 6) is 0.561. The third kappa shape index (κ3) is 9.67. The Labute approximate surface area is 225 Å². The summed E-state index contributed by atoms with van der Waals surface area (Å²) in [6.45, 7) is 5.20. The summed E-state index contributed by atoms with van der Waals surface area (Å²) >= 11 is 1.60. The van der Waals surface area contributed by atoms with E-state index in [1.54, 1.807) is 31.3 Å². The molecule has 0 saturated heterocycles. The zero-order valence-electron chi connectivity index (χ0n) is 21.3. The Hall–Kier alpha value is -2.49. The van der Waals surface area contributed by atoms with Gasteiger partial charge in [0.2, 0.25) is 0 Å². The first kappa shape index (κ1) is 30.1. The van der Waals surface area contributed by atoms with Gasteiger partial charge >= 0.3 is 14.4 Å². The maximum atomic E-state index is 13.5. The van der Waals surface area contributed by atoms with Crippen LogP contribution in [0.2, 0.25) is 0 Å². The van der Waals surface area contributed by atoms with Crippen LogP contribution in [0, 0.1) is 0 Å². The molecule has 0 radical (unpaired) electrons. The second kappa shape index (κ2) is 14.6. The number of aryl methyl sites for hydroxylation is 1. The number of halogens is 3. The van der Waals surface area contributed by atoms with Crippen molar-refractivity contribution in [1.82, 2.24) is 5.32 Å². The van der Waals surface area contributed by atoms with Gasteiger partial charge in [-0.25, -0.2) is 0 Å². The highest BCUT2D eigenvalue weighted by atomic mass is 32.1. The number of ether oxygens (including phenoxy) is 2. The van der Waals surface area contributed by atoms with Crippen molar-refractivity contribution in [2.45, 2.75) is 51.9 Å². The fraction of sp³-hybridized carbons (Fsp3) is 0.407. The van der Waals surface area contributed by atoms with Crippen molar-refractivity contribution in [3.8, 4) is 21.9 Å². The molecular formula is C27H32F3NO5PS+. The molecule has 0 saturated carbocycles. The van der Waals surface area contributed by atoms with Gasteiger partial charge in [-0.3, -0.25) is 0 Å². The summed E-state index contributed by atoms with van der Waals surface area (Å²) in [4.78, 5) is 9.71. The quantitative estimate of drug-likeness (QED) is 0.147. The standard InChI is InChI=1S/C27H31F3NO5PS/c1-19(2)36-25-11-8-20(17-23(25)27(28,29)30)6-3-13-34-24-10-9-21(16-22(24)26-7-4-15-38-26)18-31-12-5-14-35-37(32)33/h4,7-11,15-17,19,31H,3,5-6,12-14,18H2,1-2H3/p+1. The molecule has 2 aromatic carbocycles. The minimum Gasteiger partial charge on any atom is -0.493 e. The van der Waals surface area contributed by atoms with Gasteiger partial charge in [0.15, 0.2) is 0 Å². The Morgan fingerprint density at radius 1 is 1.03 bits per heavy atom. The normalized spacial score (nSPS) is 12.1. The van der Waals surface area contributed by atoms with Gasteiger partial charge in [-0.1, -0.05) is 18.2 Å². The van der Waals surface area contributed by atoms with Gasteiger partial charge in [0.25, 0.3) is 0 Å². The highest BCUT2D eigenvalue weighted by molar-refractivity contribution is 7.32. The molecule has 1 heterocycles. The number of thiophene rings is 1. The summed E-state index contributed by atoms with van der Waals surface area (Å²) in [6, 6.07) is 14.1. The summed E-state index contributed by atoms with van der Waals surface area (Å²) in [5.41, 5.74) is 1.83. The Morgan fingerprint density at radius 2 is 1.79 bits per heavy atom. The second-order valence-corrected chi connectivity index (χ2v) is 10.5. The second-order valence-electron chi connectivity index (χ2n) is 8.86. The van der Waals surface area contributed by atoms with Crippen molar-refractivity contribution in [3.63, 3.8) is 0 Å². The first-order valence-corrected chi connectivity index (χ1v) is 14.3. The molecule has 0 bridgehead atoms. The van der Waals surface area contributed by atoms with Crippen LogP contribution in [0.15, 0.2) is 53.9 Å². The molecule has 11 heteroatoms. The summed E-state index contributed by atoms with van der Waals surface area (Å²) in [6.07, 6.45) is -3.24. The lowest BCUT2D eigenvalue weighted by Crippen LogP contribution is -2.16. The first-order chi connectivity index (χ1) is 18.1. The van der Waals surface area contributed by atoms with Crippen LogP contribution in [0.25, 0.3) is 10.4 Å². The summed E-state index contributed by atoms with van der Waals surface area (Å²) in [5, 5.41) is 5.27. The van der Waals surface area contributed by atoms with Gasteiger partial charge in [0.05, 0.1) is 18.3 Å². The third-order valence-electron chi connectivity index (χ3n) is 5.44. The van der Waals surface area contributed by atoms with Crippen LogP contribution in [0.1, 0.15) is 43.4 Å². The van der Waals surface area contributed by atoms with Gasteiger partial charge in [-0.2, -0.15) is 13.2 Å². The van der Waals surface area contributed by atoms with Gasteiger partial charge in [-0.15, -0.1) is 20.8 Å². The van der Waals surface area contributed by atoms with Crippen LogP contribution in [0.5, 0.6) is 11.5 Å². The Balaban J connectivity index is 1.58. The third-order valence-corrected chi connectivity index (χ3v) is 6.75. The number of hydrogen-bond acceptors (Lipinski definition) is 6. The van der Waals surface area contributed by atoms with E-state index in [0.29, 0.717) is 50.3 Å². The van der Waals surface area contributed by atoms with Gasteiger partial charge < -0.3 is 14.8 Å². The van der Waals surface area contributed by atoms with Crippen molar-refractivity contribution in [2.24, 2.45) is 0 Å². The van der Waals surface area contributed by atoms with Gasteiger partial charge in [0, 0.05) is 21.6 Å². The maximum absolute atomic E-state index is 13.5. The topological polar surface area (TPSA) is 77.0 Å². The fourth-order valence-electron chi connectivity index (χ4n) is 3.78. The first-order valence-electron chi connectivity index (χ1n) is 12.3. The average molecular weight is 571 g/mol. The summed E-state index contributed by atoms with van der Waals surface area (Å²) < 4.78 is 67.2. The highest BCUT2D eigenvalue weighted by Gasteiger charge is 2.34. The molecule has 206 valence electrons. The number of rotatable bonds is 15. The maximum Gasteiger partial charge on any atom is 0.694 e. The van der Waals surface area contributed by atoms with Crippen LogP contribution in [0.3, 0.4) is 0 Å². The fourth-order valence-corrected chi connectivity index (χ4v) is 4.81. The smallest absolute Gasteiger partial charge is 0.493 e. The van der Waals surface area contributed by atoms with Gasteiger partial charge in [-0.05, 0) is 86.5 Å². The predicted octanol–water partition coefficient (Wildman–Crippen LogP) is 7.38. The molecule has 0 aliphatic heterocycles. The largest absolute Gasteiger partial charge is 0.694 e. The SMILES string of the molecule is CC(C)Oc1ccc(CCCOc2ccc(CNCCCO[P+](=O)O)cc2-c2cccs2)cc1C(F)(F)F. The lowest BCUT2D eigenvalue weighted by molar-refractivity contribution is -0.139. The van der Waals surface area contributed by atoms with E-state index in [9.17, 15) is 17.7 Å². The van der Waals surface area contributed by atoms with E-state index in [-0.39, 0.29) is 18.5 Å². The minimum absolute atomic E-state index is 0.155. The van der Waals surface area contributed by atoms with Crippen molar-refractivity contribution in [2.75, 3.05) is 19.8 Å². The Bertz CT molecular complexity index is 1170. The minimum atomic E-state index is -4.49. The molecule has 1 unspecified atom stereocenters. The molecule has 2 N–H and O–H groups in total. The van der Waals surface area contributed by atoms with E-state index in [2.05, 4.69) is 15.9 Å². The number of alkyl halides is 3. The molecule has 0 spiro atoms. The molecule has 0 aliphatic carbocycles. The zero-order chi connectivity index (χ0) is 27.5. The molecule has 0 amide bonds. The van der Waals surface area contributed by atoms with Crippen molar-refractivity contribution in [1.29, 1.82) is 0 Å². The van der Waals surface area contributed by atoms with E-state index in [4.69, 9.17) is 14.4 Å². The van der Waals surface area contributed by atoms with Crippen LogP contribution in [-0.4, -0.2) is 30.8 Å². The molecule has 3 aromatic rings. The Kier molecular flexibility index (Phi) is 11.6. The lowest BCUT2D eigenvalue weighted by atomic mass is 10.0. The zero-order valence-corrected chi connectivity index (χ0v) is 23.0. The van der Waals surface area contributed by atoms with Crippen LogP contribution in [0.4, 0.5) is 13.2 Å². The number of hydrogen-bond donors (Lipinski definition) is 2. The average Bonchev–Trinajstić information content (AvgIpc) is 3.39. The molecule has 3 rings (SSSR count). The van der Waals surface area contributed by atoms with E-state index in [0.717, 1.165) is 22.1 Å². The lowest BCUT2D eigenvalue weighted by Gasteiger charge is -2.17.